The smallest absolute Gasteiger partial charge is 0.150 e. The third-order valence-corrected chi connectivity index (χ3v) is 3.25. The van der Waals surface area contributed by atoms with Gasteiger partial charge in [-0.05, 0) is 30.0 Å². The molecule has 80 valence electrons. The Morgan fingerprint density at radius 2 is 2.20 bits per heavy atom. The third kappa shape index (κ3) is 1.82. The Morgan fingerprint density at radius 3 is 2.67 bits per heavy atom. The maximum absolute atomic E-state index is 11.0. The summed E-state index contributed by atoms with van der Waals surface area (Å²) < 4.78 is 0. The minimum Gasteiger partial charge on any atom is -0.315 e. The number of rotatable bonds is 3. The van der Waals surface area contributed by atoms with E-state index in [0.29, 0.717) is 5.92 Å². The molecule has 0 spiro atoms. The van der Waals surface area contributed by atoms with Crippen LogP contribution in [0.3, 0.4) is 0 Å². The van der Waals surface area contributed by atoms with E-state index in [9.17, 15) is 4.79 Å². The lowest BCUT2D eigenvalue weighted by atomic mass is 9.88. The van der Waals surface area contributed by atoms with E-state index in [2.05, 4.69) is 24.4 Å². The molecule has 1 fully saturated rings. The maximum atomic E-state index is 11.0. The molecular formula is C13H17NO. The average Bonchev–Trinajstić information content (AvgIpc) is 2.14. The molecule has 0 amide bonds. The average molecular weight is 203 g/mol. The first-order valence-corrected chi connectivity index (χ1v) is 5.55. The van der Waals surface area contributed by atoms with Crippen LogP contribution in [-0.4, -0.2) is 19.4 Å². The summed E-state index contributed by atoms with van der Waals surface area (Å²) in [6, 6.07) is 4.36. The van der Waals surface area contributed by atoms with Gasteiger partial charge in [0.15, 0.2) is 6.29 Å². The number of hydrogen-bond donors (Lipinski definition) is 1. The Hall–Kier alpha value is -1.15. The molecule has 1 heterocycles. The van der Waals surface area contributed by atoms with Crippen molar-refractivity contribution in [1.29, 1.82) is 0 Å². The summed E-state index contributed by atoms with van der Waals surface area (Å²) in [7, 11) is 0. The Bertz CT molecular complexity index is 380. The summed E-state index contributed by atoms with van der Waals surface area (Å²) in [6.07, 6.45) is 1.92. The van der Waals surface area contributed by atoms with Crippen LogP contribution in [0.5, 0.6) is 0 Å². The summed E-state index contributed by atoms with van der Waals surface area (Å²) in [5, 5.41) is 3.28. The van der Waals surface area contributed by atoms with Crippen LogP contribution in [0.4, 0.5) is 0 Å². The van der Waals surface area contributed by atoms with Gasteiger partial charge in [0.05, 0.1) is 0 Å². The Kier molecular flexibility index (Phi) is 2.87. The van der Waals surface area contributed by atoms with Crippen LogP contribution in [0.1, 0.15) is 39.9 Å². The lowest BCUT2D eigenvalue weighted by Gasteiger charge is -2.28. The molecule has 0 unspecified atom stereocenters. The number of nitrogens with one attached hydrogen (secondary N) is 1. The molecule has 1 saturated heterocycles. The number of aryl methyl sites for hydroxylation is 2. The van der Waals surface area contributed by atoms with Crippen molar-refractivity contribution in [2.45, 2.75) is 26.2 Å². The van der Waals surface area contributed by atoms with E-state index in [0.717, 1.165) is 36.9 Å². The molecule has 0 radical (unpaired) electrons. The van der Waals surface area contributed by atoms with Gasteiger partial charge in [0.25, 0.3) is 0 Å². The van der Waals surface area contributed by atoms with Gasteiger partial charge in [0.1, 0.15) is 0 Å². The molecule has 15 heavy (non-hydrogen) atoms. The topological polar surface area (TPSA) is 29.1 Å². The largest absolute Gasteiger partial charge is 0.315 e. The van der Waals surface area contributed by atoms with Gasteiger partial charge in [-0.3, -0.25) is 4.79 Å². The van der Waals surface area contributed by atoms with E-state index in [1.165, 1.54) is 11.1 Å². The fraction of sp³-hybridized carbons (Fsp3) is 0.462. The lowest BCUT2D eigenvalue weighted by molar-refractivity contribution is 0.112. The Balaban J connectivity index is 2.42. The summed E-state index contributed by atoms with van der Waals surface area (Å²) in [4.78, 5) is 11.0. The van der Waals surface area contributed by atoms with E-state index in [1.54, 1.807) is 0 Å². The molecule has 0 atom stereocenters. The molecule has 2 nitrogen and oxygen atoms in total. The quantitative estimate of drug-likeness (QED) is 0.762. The third-order valence-electron chi connectivity index (χ3n) is 3.25. The molecule has 2 rings (SSSR count). The maximum Gasteiger partial charge on any atom is 0.150 e. The molecule has 1 N–H and O–H groups in total. The molecule has 0 aliphatic carbocycles. The summed E-state index contributed by atoms with van der Waals surface area (Å²) >= 11 is 0. The number of hydrogen-bond acceptors (Lipinski definition) is 2. The monoisotopic (exact) mass is 203 g/mol. The predicted octanol–water partition coefficient (Wildman–Crippen LogP) is 2.06. The highest BCUT2D eigenvalue weighted by Crippen LogP contribution is 2.25. The van der Waals surface area contributed by atoms with Crippen LogP contribution in [0, 0.1) is 6.92 Å². The van der Waals surface area contributed by atoms with Crippen molar-refractivity contribution < 1.29 is 4.79 Å². The number of carbonyl (C=O) groups is 1. The van der Waals surface area contributed by atoms with E-state index in [-0.39, 0.29) is 0 Å². The molecule has 1 aliphatic heterocycles. The van der Waals surface area contributed by atoms with Crippen LogP contribution < -0.4 is 5.32 Å². The van der Waals surface area contributed by atoms with Crippen LogP contribution in [0.15, 0.2) is 12.1 Å². The second kappa shape index (κ2) is 4.15. The Labute approximate surface area is 90.7 Å². The first kappa shape index (κ1) is 10.4. The first-order valence-electron chi connectivity index (χ1n) is 5.55. The zero-order valence-electron chi connectivity index (χ0n) is 9.34. The lowest BCUT2D eigenvalue weighted by Crippen LogP contribution is -2.39. The van der Waals surface area contributed by atoms with Crippen molar-refractivity contribution in [3.63, 3.8) is 0 Å². The highest BCUT2D eigenvalue weighted by Gasteiger charge is 2.20. The van der Waals surface area contributed by atoms with Gasteiger partial charge in [0.2, 0.25) is 0 Å². The fourth-order valence-corrected chi connectivity index (χ4v) is 2.12. The van der Waals surface area contributed by atoms with Crippen molar-refractivity contribution >= 4 is 6.29 Å². The highest BCUT2D eigenvalue weighted by atomic mass is 16.1. The number of carbonyl (C=O) groups excluding carboxylic acids is 1. The van der Waals surface area contributed by atoms with Crippen molar-refractivity contribution in [2.24, 2.45) is 0 Å². The summed E-state index contributed by atoms with van der Waals surface area (Å²) in [5.74, 6) is 0.648. The molecular weight excluding hydrogens is 186 g/mol. The van der Waals surface area contributed by atoms with Gasteiger partial charge in [-0.2, -0.15) is 0 Å². The summed E-state index contributed by atoms with van der Waals surface area (Å²) in [6.45, 7) is 6.27. The van der Waals surface area contributed by atoms with Gasteiger partial charge in [0, 0.05) is 24.6 Å². The van der Waals surface area contributed by atoms with Gasteiger partial charge in [-0.25, -0.2) is 0 Å². The molecule has 0 aromatic heterocycles. The molecule has 2 heteroatoms. The first-order chi connectivity index (χ1) is 7.26. The van der Waals surface area contributed by atoms with E-state index >= 15 is 0 Å². The van der Waals surface area contributed by atoms with Crippen LogP contribution in [0.2, 0.25) is 0 Å². The van der Waals surface area contributed by atoms with Gasteiger partial charge >= 0.3 is 0 Å². The van der Waals surface area contributed by atoms with Gasteiger partial charge in [-0.15, -0.1) is 0 Å². The SMILES string of the molecule is CCc1cc(C2CNC2)cc(C)c1C=O. The van der Waals surface area contributed by atoms with E-state index in [4.69, 9.17) is 0 Å². The van der Waals surface area contributed by atoms with E-state index < -0.39 is 0 Å². The van der Waals surface area contributed by atoms with Gasteiger partial charge in [-0.1, -0.05) is 19.1 Å². The molecule has 1 aromatic carbocycles. The molecule has 1 aromatic rings. The molecule has 0 bridgehead atoms. The highest BCUT2D eigenvalue weighted by molar-refractivity contribution is 5.80. The van der Waals surface area contributed by atoms with Crippen LogP contribution >= 0.6 is 0 Å². The number of benzene rings is 1. The van der Waals surface area contributed by atoms with Crippen LogP contribution in [-0.2, 0) is 6.42 Å². The minimum atomic E-state index is 0.648. The minimum absolute atomic E-state index is 0.648. The zero-order chi connectivity index (χ0) is 10.8. The van der Waals surface area contributed by atoms with Crippen LogP contribution in [0.25, 0.3) is 0 Å². The zero-order valence-corrected chi connectivity index (χ0v) is 9.34. The van der Waals surface area contributed by atoms with Crippen molar-refractivity contribution in [3.8, 4) is 0 Å². The standard InChI is InChI=1S/C13H17NO/c1-3-10-5-11(12-6-14-7-12)4-9(2)13(10)8-15/h4-5,8,12,14H,3,6-7H2,1-2H3. The molecule has 1 aliphatic rings. The summed E-state index contributed by atoms with van der Waals surface area (Å²) in [5.41, 5.74) is 4.57. The Morgan fingerprint density at radius 1 is 1.47 bits per heavy atom. The predicted molar refractivity (Wildman–Crippen MR) is 61.6 cm³/mol. The fourth-order valence-electron chi connectivity index (χ4n) is 2.12. The molecule has 0 saturated carbocycles. The second-order valence-electron chi connectivity index (χ2n) is 4.24. The van der Waals surface area contributed by atoms with E-state index in [1.807, 2.05) is 6.92 Å². The van der Waals surface area contributed by atoms with Crippen molar-refractivity contribution in [2.75, 3.05) is 13.1 Å². The van der Waals surface area contributed by atoms with Gasteiger partial charge < -0.3 is 5.32 Å². The normalized spacial score (nSPS) is 16.1. The number of aldehydes is 1. The van der Waals surface area contributed by atoms with Crippen molar-refractivity contribution in [1.82, 2.24) is 5.32 Å². The second-order valence-corrected chi connectivity index (χ2v) is 4.24. The van der Waals surface area contributed by atoms with Crippen molar-refractivity contribution in [3.05, 3.63) is 34.4 Å².